The van der Waals surface area contributed by atoms with E-state index in [9.17, 15) is 9.59 Å². The zero-order valence-electron chi connectivity index (χ0n) is 15.1. The van der Waals surface area contributed by atoms with Gasteiger partial charge in [0.15, 0.2) is 0 Å². The van der Waals surface area contributed by atoms with Crippen molar-refractivity contribution in [1.29, 1.82) is 0 Å². The molecule has 1 aromatic heterocycles. The van der Waals surface area contributed by atoms with Crippen molar-refractivity contribution in [2.45, 2.75) is 38.6 Å². The molecule has 1 heterocycles. The largest absolute Gasteiger partial charge is 0.359 e. The highest BCUT2D eigenvalue weighted by molar-refractivity contribution is 5.92. The molecular formula is C18H27N5O2. The number of H-pyrrole nitrogens is 1. The van der Waals surface area contributed by atoms with Gasteiger partial charge in [-0.15, -0.1) is 0 Å². The van der Waals surface area contributed by atoms with Crippen molar-refractivity contribution in [2.75, 3.05) is 14.1 Å². The van der Waals surface area contributed by atoms with E-state index >= 15 is 0 Å². The number of amides is 1. The smallest absolute Gasteiger partial charge is 0.265 e. The fourth-order valence-corrected chi connectivity index (χ4v) is 4.41. The van der Waals surface area contributed by atoms with Crippen LogP contribution >= 0.6 is 0 Å². The third-order valence-corrected chi connectivity index (χ3v) is 5.69. The summed E-state index contributed by atoms with van der Waals surface area (Å²) in [5, 5.41) is 2.88. The summed E-state index contributed by atoms with van der Waals surface area (Å²) >= 11 is 0. The van der Waals surface area contributed by atoms with Gasteiger partial charge < -0.3 is 14.7 Å². The van der Waals surface area contributed by atoms with E-state index in [2.05, 4.69) is 40.9 Å². The number of azide groups is 1. The molecule has 2 aliphatic rings. The third-order valence-electron chi connectivity index (χ3n) is 5.69. The standard InChI is InChI=1S/C13H23NO.C5H4N4O/c1-4-9-5-10-7-13(14(2)3)12(8-15)11(10)6-9;6-9-8-5(10)4-2-1-3-7-4/h8-13H,4-7H2,1-3H3;1-3,7H. The SMILES string of the molecule is CCC1CC2CC(N(C)C)C(C=O)C2C1.[N-]=[N+]=NC(=O)c1ccc[nH]1. The molecule has 3 rings (SSSR count). The molecule has 5 atom stereocenters. The minimum Gasteiger partial charge on any atom is -0.359 e. The van der Waals surface area contributed by atoms with Gasteiger partial charge in [-0.3, -0.25) is 4.79 Å². The van der Waals surface area contributed by atoms with Crippen LogP contribution < -0.4 is 0 Å². The molecule has 7 heteroatoms. The molecule has 0 aromatic carbocycles. The van der Waals surface area contributed by atoms with Crippen molar-refractivity contribution in [2.24, 2.45) is 28.8 Å². The van der Waals surface area contributed by atoms with Gasteiger partial charge in [-0.2, -0.15) is 0 Å². The van der Waals surface area contributed by atoms with Crippen LogP contribution in [-0.4, -0.2) is 42.2 Å². The summed E-state index contributed by atoms with van der Waals surface area (Å²) in [5.74, 6) is 2.14. The molecule has 1 amide bonds. The van der Waals surface area contributed by atoms with Gasteiger partial charge in [0.25, 0.3) is 5.91 Å². The first-order valence-electron chi connectivity index (χ1n) is 8.86. The first-order chi connectivity index (χ1) is 12.0. The monoisotopic (exact) mass is 345 g/mol. The molecule has 0 aliphatic heterocycles. The number of aromatic nitrogens is 1. The Hall–Kier alpha value is -2.11. The molecule has 0 spiro atoms. The molecule has 5 unspecified atom stereocenters. The first kappa shape index (κ1) is 19.2. The van der Waals surface area contributed by atoms with E-state index in [-0.39, 0.29) is 0 Å². The number of hydrogen-bond donors (Lipinski definition) is 1. The lowest BCUT2D eigenvalue weighted by Crippen LogP contribution is -2.34. The lowest BCUT2D eigenvalue weighted by molar-refractivity contribution is -0.113. The summed E-state index contributed by atoms with van der Waals surface area (Å²) in [7, 11) is 4.22. The van der Waals surface area contributed by atoms with Gasteiger partial charge in [0.05, 0.1) is 5.69 Å². The van der Waals surface area contributed by atoms with Crippen molar-refractivity contribution in [3.63, 3.8) is 0 Å². The average Bonchev–Trinajstić information content (AvgIpc) is 3.30. The Labute approximate surface area is 148 Å². The second kappa shape index (κ2) is 8.83. The van der Waals surface area contributed by atoms with Crippen LogP contribution in [0, 0.1) is 23.7 Å². The van der Waals surface area contributed by atoms with E-state index in [1.807, 2.05) is 0 Å². The van der Waals surface area contributed by atoms with Crippen molar-refractivity contribution in [1.82, 2.24) is 9.88 Å². The molecule has 136 valence electrons. The van der Waals surface area contributed by atoms with E-state index in [0.29, 0.717) is 23.6 Å². The van der Waals surface area contributed by atoms with Crippen LogP contribution in [0.5, 0.6) is 0 Å². The van der Waals surface area contributed by atoms with Crippen LogP contribution in [0.15, 0.2) is 23.4 Å². The maximum Gasteiger partial charge on any atom is 0.265 e. The molecule has 2 saturated carbocycles. The van der Waals surface area contributed by atoms with Crippen LogP contribution in [0.2, 0.25) is 0 Å². The topological polar surface area (TPSA) is 102 Å². The molecule has 1 N–H and O–H groups in total. The molecule has 7 nitrogen and oxygen atoms in total. The van der Waals surface area contributed by atoms with Crippen LogP contribution in [0.1, 0.15) is 43.1 Å². The van der Waals surface area contributed by atoms with E-state index in [1.54, 1.807) is 12.3 Å². The molecule has 1 aromatic rings. The zero-order valence-corrected chi connectivity index (χ0v) is 15.1. The second-order valence-electron chi connectivity index (χ2n) is 7.23. The normalized spacial score (nSPS) is 30.2. The van der Waals surface area contributed by atoms with Gasteiger partial charge in [-0.05, 0) is 73.9 Å². The Morgan fingerprint density at radius 2 is 2.20 bits per heavy atom. The fraction of sp³-hybridized carbons (Fsp3) is 0.667. The predicted molar refractivity (Wildman–Crippen MR) is 95.9 cm³/mol. The van der Waals surface area contributed by atoms with Crippen molar-refractivity contribution in [3.8, 4) is 0 Å². The van der Waals surface area contributed by atoms with E-state index < -0.39 is 5.91 Å². The maximum atomic E-state index is 11.2. The summed E-state index contributed by atoms with van der Waals surface area (Å²) in [6, 6.07) is 3.70. The number of hydrogen-bond acceptors (Lipinski definition) is 3. The summed E-state index contributed by atoms with van der Waals surface area (Å²) < 4.78 is 0. The predicted octanol–water partition coefficient (Wildman–Crippen LogP) is 3.65. The van der Waals surface area contributed by atoms with Crippen LogP contribution in [-0.2, 0) is 4.79 Å². The lowest BCUT2D eigenvalue weighted by atomic mass is 9.90. The van der Waals surface area contributed by atoms with Gasteiger partial charge in [-0.25, -0.2) is 0 Å². The minimum absolute atomic E-state index is 0.304. The first-order valence-corrected chi connectivity index (χ1v) is 8.86. The van der Waals surface area contributed by atoms with Gasteiger partial charge in [-0.1, -0.05) is 13.3 Å². The summed E-state index contributed by atoms with van der Waals surface area (Å²) in [6.45, 7) is 2.28. The highest BCUT2D eigenvalue weighted by atomic mass is 16.1. The second-order valence-corrected chi connectivity index (χ2v) is 7.23. The quantitative estimate of drug-likeness (QED) is 0.390. The summed E-state index contributed by atoms with van der Waals surface area (Å²) in [5.41, 5.74) is 8.16. The van der Waals surface area contributed by atoms with Crippen LogP contribution in [0.3, 0.4) is 0 Å². The molecular weight excluding hydrogens is 318 g/mol. The summed E-state index contributed by atoms with van der Waals surface area (Å²) in [4.78, 5) is 29.1. The fourth-order valence-electron chi connectivity index (χ4n) is 4.41. The van der Waals surface area contributed by atoms with Crippen molar-refractivity contribution >= 4 is 12.2 Å². The number of fused-ring (bicyclic) bond motifs is 1. The number of rotatable bonds is 4. The van der Waals surface area contributed by atoms with E-state index in [1.165, 1.54) is 38.0 Å². The van der Waals surface area contributed by atoms with E-state index in [0.717, 1.165) is 11.8 Å². The zero-order chi connectivity index (χ0) is 18.4. The number of carbonyl (C=O) groups excluding carboxylic acids is 2. The third kappa shape index (κ3) is 4.50. The van der Waals surface area contributed by atoms with Crippen molar-refractivity contribution < 1.29 is 9.59 Å². The highest BCUT2D eigenvalue weighted by Crippen LogP contribution is 2.51. The van der Waals surface area contributed by atoms with Crippen LogP contribution in [0.25, 0.3) is 10.4 Å². The Morgan fingerprint density at radius 3 is 2.72 bits per heavy atom. The maximum absolute atomic E-state index is 11.2. The Bertz CT molecular complexity index is 621. The number of nitrogens with zero attached hydrogens (tertiary/aromatic N) is 4. The van der Waals surface area contributed by atoms with E-state index in [4.69, 9.17) is 5.53 Å². The molecule has 25 heavy (non-hydrogen) atoms. The molecule has 0 radical (unpaired) electrons. The van der Waals surface area contributed by atoms with Gasteiger partial charge in [0, 0.05) is 23.1 Å². The summed E-state index contributed by atoms with van der Waals surface area (Å²) in [6.07, 6.45) is 8.03. The number of nitrogens with one attached hydrogen (secondary N) is 1. The van der Waals surface area contributed by atoms with Gasteiger partial charge in [0.2, 0.25) is 0 Å². The molecule has 2 aliphatic carbocycles. The van der Waals surface area contributed by atoms with Gasteiger partial charge >= 0.3 is 0 Å². The lowest BCUT2D eigenvalue weighted by Gasteiger charge is -2.25. The Balaban J connectivity index is 0.000000196. The number of aromatic amines is 1. The van der Waals surface area contributed by atoms with Crippen LogP contribution in [0.4, 0.5) is 0 Å². The average molecular weight is 345 g/mol. The number of carbonyl (C=O) groups is 2. The molecule has 0 bridgehead atoms. The van der Waals surface area contributed by atoms with Crippen molar-refractivity contribution in [3.05, 3.63) is 34.5 Å². The van der Waals surface area contributed by atoms with Gasteiger partial charge in [0.1, 0.15) is 6.29 Å². The Kier molecular flexibility index (Phi) is 6.79. The molecule has 0 saturated heterocycles. The minimum atomic E-state index is -0.590. The number of aldehydes is 1. The molecule has 2 fully saturated rings. The Morgan fingerprint density at radius 1 is 1.44 bits per heavy atom. The highest BCUT2D eigenvalue weighted by Gasteiger charge is 2.48.